The Morgan fingerprint density at radius 3 is 1.27 bits per heavy atom. The van der Waals surface area contributed by atoms with Gasteiger partial charge >= 0.3 is 0 Å². The van der Waals surface area contributed by atoms with Crippen molar-refractivity contribution >= 4 is 80.1 Å². The molecule has 0 spiro atoms. The van der Waals surface area contributed by atoms with Gasteiger partial charge in [0.1, 0.15) is 0 Å². The van der Waals surface area contributed by atoms with Gasteiger partial charge in [-0.3, -0.25) is 0 Å². The molecular weight excluding hydrogens is 799 g/mol. The first-order chi connectivity index (χ1) is 31.2. The molecule has 0 aliphatic heterocycles. The van der Waals surface area contributed by atoms with E-state index in [2.05, 4.69) is 241 Å². The van der Waals surface area contributed by atoms with Crippen LogP contribution in [0.15, 0.2) is 237 Å². The summed E-state index contributed by atoms with van der Waals surface area (Å²) in [7, 11) is 0. The van der Waals surface area contributed by atoms with E-state index in [0.717, 1.165) is 17.1 Å². The molecule has 1 nitrogen and oxygen atoms in total. The smallest absolute Gasteiger partial charge is 0.0618 e. The number of rotatable bonds is 8. The minimum Gasteiger partial charge on any atom is -0.309 e. The summed E-state index contributed by atoms with van der Waals surface area (Å²) in [5.74, 6) is 0. The van der Waals surface area contributed by atoms with E-state index in [0.29, 0.717) is 0 Å². The van der Waals surface area contributed by atoms with Gasteiger partial charge in [-0.15, -0.1) is 22.7 Å². The maximum absolute atomic E-state index is 2.57. The normalized spacial score (nSPS) is 11.5. The minimum absolute atomic E-state index is 1.12. The predicted molar refractivity (Wildman–Crippen MR) is 274 cm³/mol. The molecule has 12 rings (SSSR count). The lowest BCUT2D eigenvalue weighted by Gasteiger charge is -2.31. The highest BCUT2D eigenvalue weighted by atomic mass is 32.1. The lowest BCUT2D eigenvalue weighted by molar-refractivity contribution is 1.31. The summed E-state index contributed by atoms with van der Waals surface area (Å²) in [5, 5.41) is 5.07. The van der Waals surface area contributed by atoms with E-state index in [-0.39, 0.29) is 0 Å². The second kappa shape index (κ2) is 15.7. The topological polar surface area (TPSA) is 3.24 Å². The van der Waals surface area contributed by atoms with Gasteiger partial charge < -0.3 is 4.90 Å². The van der Waals surface area contributed by atoms with Gasteiger partial charge in [-0.1, -0.05) is 206 Å². The van der Waals surface area contributed by atoms with Crippen molar-refractivity contribution in [3.05, 3.63) is 237 Å². The van der Waals surface area contributed by atoms with Crippen molar-refractivity contribution in [2.45, 2.75) is 0 Å². The lowest BCUT2D eigenvalue weighted by atomic mass is 9.93. The summed E-state index contributed by atoms with van der Waals surface area (Å²) in [6.45, 7) is 0. The highest BCUT2D eigenvalue weighted by molar-refractivity contribution is 7.26. The summed E-state index contributed by atoms with van der Waals surface area (Å²) in [4.78, 5) is 2.57. The van der Waals surface area contributed by atoms with Crippen molar-refractivity contribution in [2.24, 2.45) is 0 Å². The maximum Gasteiger partial charge on any atom is 0.0618 e. The van der Waals surface area contributed by atoms with E-state index in [9.17, 15) is 0 Å². The first-order valence-electron chi connectivity index (χ1n) is 21.4. The highest BCUT2D eigenvalue weighted by Gasteiger charge is 2.26. The first-order valence-corrected chi connectivity index (χ1v) is 23.0. The Balaban J connectivity index is 1.17. The van der Waals surface area contributed by atoms with Crippen molar-refractivity contribution in [2.75, 3.05) is 4.90 Å². The SMILES string of the molecule is c1ccc(-c2ccc3c(c2)sc2cc(N(c4c(-c5ccccc5)cccc4-c4ccccc4)c4ccc(-c5ccccc5)c5sc6cc(-c7ccccc7)ccc6c45)ccc23)cc1. The van der Waals surface area contributed by atoms with E-state index in [1.165, 1.54) is 96.0 Å². The number of fused-ring (bicyclic) bond motifs is 6. The van der Waals surface area contributed by atoms with Gasteiger partial charge in [0.15, 0.2) is 0 Å². The largest absolute Gasteiger partial charge is 0.309 e. The van der Waals surface area contributed by atoms with Crippen LogP contribution in [0, 0.1) is 0 Å². The molecule has 2 aromatic heterocycles. The first kappa shape index (κ1) is 37.2. The van der Waals surface area contributed by atoms with Crippen molar-refractivity contribution < 1.29 is 0 Å². The monoisotopic (exact) mass is 837 g/mol. The fourth-order valence-electron chi connectivity index (χ4n) is 9.29. The standard InChI is InChI=1S/C60H39NS2/c1-6-17-40(18-7-1)45-29-32-51-52-34-31-47(39-57(52)62-55(51)37-45)61(59-48(42-21-10-3-11-22-42)27-16-28-49(59)43-23-12-4-13-24-43)54-36-35-50(44-25-14-5-15-26-44)60-58(54)53-33-30-46(38-56(53)63-60)41-19-8-2-9-20-41/h1-39H. The molecule has 63 heavy (non-hydrogen) atoms. The maximum atomic E-state index is 2.57. The average molecular weight is 838 g/mol. The van der Waals surface area contributed by atoms with Gasteiger partial charge in [0.2, 0.25) is 0 Å². The van der Waals surface area contributed by atoms with Crippen LogP contribution >= 0.6 is 22.7 Å². The highest BCUT2D eigenvalue weighted by Crippen LogP contribution is 2.53. The summed E-state index contributed by atoms with van der Waals surface area (Å²) in [5.41, 5.74) is 15.5. The number of anilines is 3. The van der Waals surface area contributed by atoms with E-state index in [1.54, 1.807) is 0 Å². The summed E-state index contributed by atoms with van der Waals surface area (Å²) in [6.07, 6.45) is 0. The molecule has 0 radical (unpaired) electrons. The molecule has 296 valence electrons. The molecular formula is C60H39NS2. The Morgan fingerprint density at radius 1 is 0.286 bits per heavy atom. The third-order valence-corrected chi connectivity index (χ3v) is 14.6. The Kier molecular flexibility index (Phi) is 9.29. The third kappa shape index (κ3) is 6.61. The Hall–Kier alpha value is -7.56. The Bertz CT molecular complexity index is 3540. The summed E-state index contributed by atoms with van der Waals surface area (Å²) >= 11 is 3.77. The summed E-state index contributed by atoms with van der Waals surface area (Å²) in [6, 6.07) is 86.7. The van der Waals surface area contributed by atoms with Crippen molar-refractivity contribution in [3.8, 4) is 55.6 Å². The van der Waals surface area contributed by atoms with Gasteiger partial charge in [-0.05, 0) is 74.8 Å². The van der Waals surface area contributed by atoms with Crippen LogP contribution in [-0.2, 0) is 0 Å². The van der Waals surface area contributed by atoms with Gasteiger partial charge in [0.25, 0.3) is 0 Å². The summed E-state index contributed by atoms with van der Waals surface area (Å²) < 4.78 is 5.09. The van der Waals surface area contributed by atoms with E-state index in [4.69, 9.17) is 0 Å². The molecule has 0 saturated carbocycles. The van der Waals surface area contributed by atoms with Crippen LogP contribution in [0.3, 0.4) is 0 Å². The fraction of sp³-hybridized carbons (Fsp3) is 0. The molecule has 0 amide bonds. The Morgan fingerprint density at radius 2 is 0.730 bits per heavy atom. The van der Waals surface area contributed by atoms with E-state index < -0.39 is 0 Å². The van der Waals surface area contributed by atoms with Gasteiger partial charge in [-0.25, -0.2) is 0 Å². The number of hydrogen-bond donors (Lipinski definition) is 0. The molecule has 0 saturated heterocycles. The van der Waals surface area contributed by atoms with Crippen LogP contribution < -0.4 is 4.90 Å². The second-order valence-electron chi connectivity index (χ2n) is 16.0. The molecule has 0 unspecified atom stereocenters. The molecule has 3 heteroatoms. The van der Waals surface area contributed by atoms with Gasteiger partial charge in [-0.2, -0.15) is 0 Å². The molecule has 0 atom stereocenters. The molecule has 10 aromatic carbocycles. The van der Waals surface area contributed by atoms with Crippen LogP contribution in [0.5, 0.6) is 0 Å². The zero-order valence-electron chi connectivity index (χ0n) is 34.3. The molecule has 2 heterocycles. The van der Waals surface area contributed by atoms with Crippen LogP contribution in [0.2, 0.25) is 0 Å². The average Bonchev–Trinajstić information content (AvgIpc) is 3.93. The number of benzene rings is 10. The fourth-order valence-corrected chi connectivity index (χ4v) is 11.8. The predicted octanol–water partition coefficient (Wildman–Crippen LogP) is 18.2. The minimum atomic E-state index is 1.12. The number of nitrogens with zero attached hydrogens (tertiary/aromatic N) is 1. The molecule has 0 bridgehead atoms. The molecule has 0 aliphatic carbocycles. The van der Waals surface area contributed by atoms with Crippen molar-refractivity contribution in [1.29, 1.82) is 0 Å². The lowest BCUT2D eigenvalue weighted by Crippen LogP contribution is -2.13. The molecule has 0 fully saturated rings. The zero-order valence-corrected chi connectivity index (χ0v) is 35.9. The van der Waals surface area contributed by atoms with E-state index in [1.807, 2.05) is 22.7 Å². The van der Waals surface area contributed by atoms with Crippen molar-refractivity contribution in [1.82, 2.24) is 0 Å². The quantitative estimate of drug-likeness (QED) is 0.147. The van der Waals surface area contributed by atoms with Crippen LogP contribution in [0.25, 0.3) is 96.0 Å². The van der Waals surface area contributed by atoms with Crippen LogP contribution in [0.1, 0.15) is 0 Å². The number of thiophene rings is 2. The third-order valence-electron chi connectivity index (χ3n) is 12.3. The van der Waals surface area contributed by atoms with Gasteiger partial charge in [0, 0.05) is 57.2 Å². The molecule has 12 aromatic rings. The van der Waals surface area contributed by atoms with Crippen LogP contribution in [-0.4, -0.2) is 0 Å². The Labute approximate surface area is 375 Å². The van der Waals surface area contributed by atoms with Crippen LogP contribution in [0.4, 0.5) is 17.1 Å². The van der Waals surface area contributed by atoms with Crippen molar-refractivity contribution in [3.63, 3.8) is 0 Å². The number of para-hydroxylation sites is 1. The second-order valence-corrected chi connectivity index (χ2v) is 18.1. The van der Waals surface area contributed by atoms with Gasteiger partial charge in [0.05, 0.1) is 11.4 Å². The molecule has 0 N–H and O–H groups in total. The zero-order chi connectivity index (χ0) is 41.7. The molecule has 0 aliphatic rings. The van der Waals surface area contributed by atoms with E-state index >= 15 is 0 Å². The number of hydrogen-bond acceptors (Lipinski definition) is 3.